The van der Waals surface area contributed by atoms with E-state index in [2.05, 4.69) is 9.97 Å². The Balaban J connectivity index is 2.22. The third kappa shape index (κ3) is 2.61. The summed E-state index contributed by atoms with van der Waals surface area (Å²) in [7, 11) is 1.31. The second-order valence-electron chi connectivity index (χ2n) is 5.23. The maximum Gasteiger partial charge on any atom is 0.458 e. The largest absolute Gasteiger partial charge is 0.458 e. The van der Waals surface area contributed by atoms with E-state index in [9.17, 15) is 30.7 Å². The molecule has 0 bridgehead atoms. The topological polar surface area (TPSA) is 30.7 Å². The van der Waals surface area contributed by atoms with Crippen LogP contribution < -0.4 is 0 Å². The van der Waals surface area contributed by atoms with Gasteiger partial charge in [0.05, 0.1) is 11.1 Å². The lowest BCUT2D eigenvalue weighted by molar-refractivity contribution is -0.289. The molecule has 0 atom stereocenters. The van der Waals surface area contributed by atoms with Crippen molar-refractivity contribution in [2.24, 2.45) is 7.05 Å². The first-order valence-corrected chi connectivity index (χ1v) is 6.76. The van der Waals surface area contributed by atoms with E-state index in [4.69, 9.17) is 0 Å². The van der Waals surface area contributed by atoms with Crippen LogP contribution >= 0.6 is 0 Å². The third-order valence-electron chi connectivity index (χ3n) is 3.61. The van der Waals surface area contributed by atoms with Crippen LogP contribution in [0.3, 0.4) is 0 Å². The van der Waals surface area contributed by atoms with Gasteiger partial charge in [0.1, 0.15) is 23.0 Å². The number of rotatable bonds is 2. The molecule has 2 heterocycles. The van der Waals surface area contributed by atoms with Crippen LogP contribution in [0.2, 0.25) is 0 Å². The van der Waals surface area contributed by atoms with Crippen molar-refractivity contribution in [3.05, 3.63) is 47.7 Å². The van der Waals surface area contributed by atoms with Gasteiger partial charge in [-0.1, -0.05) is 6.07 Å². The normalized spacial score (nSPS) is 12.8. The summed E-state index contributed by atoms with van der Waals surface area (Å²) in [6.45, 7) is 0. The van der Waals surface area contributed by atoms with Crippen LogP contribution in [0.15, 0.2) is 30.5 Å². The number of imidazole rings is 1. The molecule has 0 aliphatic carbocycles. The van der Waals surface area contributed by atoms with E-state index >= 15 is 0 Å². The minimum Gasteiger partial charge on any atom is -0.312 e. The highest BCUT2D eigenvalue weighted by atomic mass is 19.4. The van der Waals surface area contributed by atoms with Crippen molar-refractivity contribution in [2.45, 2.75) is 12.1 Å². The number of benzene rings is 1. The average Bonchev–Trinajstić information content (AvgIpc) is 2.82. The highest BCUT2D eigenvalue weighted by Gasteiger charge is 2.59. The summed E-state index contributed by atoms with van der Waals surface area (Å²) >= 11 is 0. The Morgan fingerprint density at radius 2 is 1.60 bits per heavy atom. The molecule has 0 unspecified atom stereocenters. The first-order chi connectivity index (χ1) is 11.5. The second kappa shape index (κ2) is 5.43. The Hall–Kier alpha value is -2.65. The zero-order chi connectivity index (χ0) is 18.6. The fourth-order valence-corrected chi connectivity index (χ4v) is 2.35. The lowest BCUT2D eigenvalue weighted by Crippen LogP contribution is -2.33. The number of halogens is 7. The van der Waals surface area contributed by atoms with Crippen LogP contribution in [0.4, 0.5) is 30.7 Å². The summed E-state index contributed by atoms with van der Waals surface area (Å²) < 4.78 is 93.2. The molecule has 0 saturated heterocycles. The third-order valence-corrected chi connectivity index (χ3v) is 3.61. The zero-order valence-electron chi connectivity index (χ0n) is 12.4. The van der Waals surface area contributed by atoms with Gasteiger partial charge in [0, 0.05) is 13.2 Å². The Morgan fingerprint density at radius 3 is 2.16 bits per heavy atom. The molecule has 25 heavy (non-hydrogen) atoms. The molecule has 0 aliphatic heterocycles. The van der Waals surface area contributed by atoms with Gasteiger partial charge in [-0.05, 0) is 18.2 Å². The Labute approximate surface area is 135 Å². The van der Waals surface area contributed by atoms with Gasteiger partial charge < -0.3 is 4.57 Å². The molecule has 0 saturated carbocycles. The van der Waals surface area contributed by atoms with E-state index in [1.165, 1.54) is 7.05 Å². The number of alkyl halides is 5. The number of aromatic nitrogens is 3. The maximum absolute atomic E-state index is 13.9. The molecule has 2 aromatic heterocycles. The minimum absolute atomic E-state index is 0.0978. The van der Waals surface area contributed by atoms with Crippen LogP contribution in [-0.2, 0) is 13.0 Å². The standard InChI is InChI=1S/C15H8F7N3/c1-25-12-10(5-7(6-23-12)14(18,19)15(20,21)22)24-13(25)11-8(16)3-2-4-9(11)17/h2-6H,1H3. The van der Waals surface area contributed by atoms with E-state index in [-0.39, 0.29) is 17.0 Å². The molecule has 0 spiro atoms. The first kappa shape index (κ1) is 17.2. The fourth-order valence-electron chi connectivity index (χ4n) is 2.35. The Kier molecular flexibility index (Phi) is 3.73. The molecule has 0 N–H and O–H groups in total. The van der Waals surface area contributed by atoms with E-state index < -0.39 is 34.9 Å². The molecule has 3 rings (SSSR count). The molecule has 132 valence electrons. The minimum atomic E-state index is -5.81. The van der Waals surface area contributed by atoms with Crippen molar-refractivity contribution in [1.29, 1.82) is 0 Å². The number of nitrogens with zero attached hydrogens (tertiary/aromatic N) is 3. The Bertz CT molecular complexity index is 939. The van der Waals surface area contributed by atoms with Crippen molar-refractivity contribution in [3.8, 4) is 11.4 Å². The number of hydrogen-bond donors (Lipinski definition) is 0. The van der Waals surface area contributed by atoms with Crippen LogP contribution in [0.5, 0.6) is 0 Å². The molecule has 1 aromatic carbocycles. The lowest BCUT2D eigenvalue weighted by atomic mass is 10.1. The van der Waals surface area contributed by atoms with Crippen LogP contribution in [0.25, 0.3) is 22.6 Å². The highest BCUT2D eigenvalue weighted by Crippen LogP contribution is 2.44. The summed E-state index contributed by atoms with van der Waals surface area (Å²) in [5, 5.41) is 0. The van der Waals surface area contributed by atoms with E-state index in [1.54, 1.807) is 0 Å². The molecular formula is C15H8F7N3. The molecule has 0 radical (unpaired) electrons. The van der Waals surface area contributed by atoms with Gasteiger partial charge in [-0.25, -0.2) is 18.7 Å². The summed E-state index contributed by atoms with van der Waals surface area (Å²) in [4.78, 5) is 7.32. The fraction of sp³-hybridized carbons (Fsp3) is 0.200. The summed E-state index contributed by atoms with van der Waals surface area (Å²) in [5.74, 6) is -7.33. The average molecular weight is 363 g/mol. The number of aryl methyl sites for hydroxylation is 1. The number of hydrogen-bond acceptors (Lipinski definition) is 2. The van der Waals surface area contributed by atoms with Crippen LogP contribution in [-0.4, -0.2) is 20.7 Å². The predicted molar refractivity (Wildman–Crippen MR) is 73.8 cm³/mol. The van der Waals surface area contributed by atoms with Crippen molar-refractivity contribution in [2.75, 3.05) is 0 Å². The molecule has 0 fully saturated rings. The lowest BCUT2D eigenvalue weighted by Gasteiger charge is -2.19. The molecule has 10 heteroatoms. The van der Waals surface area contributed by atoms with Crippen molar-refractivity contribution in [1.82, 2.24) is 14.5 Å². The molecule has 0 aliphatic rings. The first-order valence-electron chi connectivity index (χ1n) is 6.76. The van der Waals surface area contributed by atoms with Gasteiger partial charge in [0.25, 0.3) is 0 Å². The van der Waals surface area contributed by atoms with Crippen molar-refractivity contribution >= 4 is 11.2 Å². The molecule has 3 aromatic rings. The summed E-state index contributed by atoms with van der Waals surface area (Å²) in [6.07, 6.45) is -5.45. The van der Waals surface area contributed by atoms with Gasteiger partial charge in [0.15, 0.2) is 5.65 Å². The second-order valence-corrected chi connectivity index (χ2v) is 5.23. The van der Waals surface area contributed by atoms with E-state index in [1.807, 2.05) is 0 Å². The molecule has 0 amide bonds. The maximum atomic E-state index is 13.9. The summed E-state index contributed by atoms with van der Waals surface area (Å²) in [5.41, 5.74) is -2.39. The number of pyridine rings is 1. The molecule has 3 nitrogen and oxygen atoms in total. The molecular weight excluding hydrogens is 355 g/mol. The van der Waals surface area contributed by atoms with Gasteiger partial charge in [-0.2, -0.15) is 22.0 Å². The summed E-state index contributed by atoms with van der Waals surface area (Å²) in [6, 6.07) is 3.55. The van der Waals surface area contributed by atoms with Crippen LogP contribution in [0.1, 0.15) is 5.56 Å². The number of fused-ring (bicyclic) bond motifs is 1. The van der Waals surface area contributed by atoms with Gasteiger partial charge in [-0.15, -0.1) is 0 Å². The van der Waals surface area contributed by atoms with Crippen LogP contribution in [0, 0.1) is 11.6 Å². The smallest absolute Gasteiger partial charge is 0.312 e. The Morgan fingerprint density at radius 1 is 1.00 bits per heavy atom. The SMILES string of the molecule is Cn1c(-c2c(F)cccc2F)nc2cc(C(F)(F)C(F)(F)F)cnc21. The van der Waals surface area contributed by atoms with E-state index in [0.717, 1.165) is 22.8 Å². The highest BCUT2D eigenvalue weighted by molar-refractivity contribution is 5.78. The van der Waals surface area contributed by atoms with Crippen molar-refractivity contribution < 1.29 is 30.7 Å². The predicted octanol–water partition coefficient (Wildman–Crippen LogP) is 4.57. The zero-order valence-corrected chi connectivity index (χ0v) is 12.4. The van der Waals surface area contributed by atoms with Crippen molar-refractivity contribution in [3.63, 3.8) is 0 Å². The quantitative estimate of drug-likeness (QED) is 0.625. The van der Waals surface area contributed by atoms with Gasteiger partial charge in [-0.3, -0.25) is 0 Å². The van der Waals surface area contributed by atoms with Gasteiger partial charge in [0.2, 0.25) is 0 Å². The monoisotopic (exact) mass is 363 g/mol. The van der Waals surface area contributed by atoms with E-state index in [0.29, 0.717) is 12.3 Å². The van der Waals surface area contributed by atoms with Gasteiger partial charge >= 0.3 is 12.1 Å².